The number of thiazole rings is 1. The average Bonchev–Trinajstić information content (AvgIpc) is 2.97. The zero-order chi connectivity index (χ0) is 14.7. The van der Waals surface area contributed by atoms with Gasteiger partial charge in [0.1, 0.15) is 5.75 Å². The van der Waals surface area contributed by atoms with E-state index in [4.69, 9.17) is 16.3 Å². The molecule has 5 heteroatoms. The summed E-state index contributed by atoms with van der Waals surface area (Å²) in [7, 11) is 1.65. The molecule has 0 spiro atoms. The van der Waals surface area contributed by atoms with Crippen molar-refractivity contribution in [1.82, 2.24) is 4.98 Å². The van der Waals surface area contributed by atoms with Crippen LogP contribution in [0.2, 0.25) is 5.02 Å². The van der Waals surface area contributed by atoms with Crippen LogP contribution in [-0.2, 0) is 0 Å². The van der Waals surface area contributed by atoms with Gasteiger partial charge in [-0.25, -0.2) is 4.98 Å². The first-order valence-corrected chi connectivity index (χ1v) is 7.63. The van der Waals surface area contributed by atoms with Crippen LogP contribution in [-0.4, -0.2) is 12.1 Å². The quantitative estimate of drug-likeness (QED) is 0.717. The summed E-state index contributed by atoms with van der Waals surface area (Å²) in [5, 5.41) is 6.85. The van der Waals surface area contributed by atoms with Crippen LogP contribution in [0.25, 0.3) is 11.3 Å². The minimum absolute atomic E-state index is 0.713. The number of methoxy groups -OCH3 is 1. The third-order valence-electron chi connectivity index (χ3n) is 2.97. The normalized spacial score (nSPS) is 10.4. The van der Waals surface area contributed by atoms with Gasteiger partial charge in [-0.15, -0.1) is 11.3 Å². The molecular weight excluding hydrogens is 304 g/mol. The summed E-state index contributed by atoms with van der Waals surface area (Å²) in [6.45, 7) is 0. The molecule has 0 unspecified atom stereocenters. The molecule has 106 valence electrons. The Kier molecular flexibility index (Phi) is 4.08. The number of anilines is 2. The molecule has 0 aliphatic carbocycles. The Morgan fingerprint density at radius 1 is 1.14 bits per heavy atom. The fourth-order valence-electron chi connectivity index (χ4n) is 1.91. The van der Waals surface area contributed by atoms with Crippen LogP contribution in [0.5, 0.6) is 5.75 Å². The molecule has 0 amide bonds. The molecule has 3 aromatic rings. The molecule has 0 saturated heterocycles. The summed E-state index contributed by atoms with van der Waals surface area (Å²) in [5.41, 5.74) is 2.91. The van der Waals surface area contributed by atoms with Crippen molar-refractivity contribution in [2.45, 2.75) is 0 Å². The molecule has 0 radical (unpaired) electrons. The Labute approximate surface area is 132 Å². The number of nitrogens with one attached hydrogen (secondary N) is 1. The molecule has 1 aromatic heterocycles. The highest BCUT2D eigenvalue weighted by atomic mass is 35.5. The van der Waals surface area contributed by atoms with E-state index in [-0.39, 0.29) is 0 Å². The van der Waals surface area contributed by atoms with Crippen LogP contribution in [0.1, 0.15) is 0 Å². The molecule has 3 rings (SSSR count). The summed E-state index contributed by atoms with van der Waals surface area (Å²) in [5.74, 6) is 0.833. The zero-order valence-corrected chi connectivity index (χ0v) is 12.9. The van der Waals surface area contributed by atoms with Gasteiger partial charge < -0.3 is 10.1 Å². The summed E-state index contributed by atoms with van der Waals surface area (Å²) in [4.78, 5) is 4.58. The average molecular weight is 317 g/mol. The largest absolute Gasteiger partial charge is 0.497 e. The van der Waals surface area contributed by atoms with Crippen LogP contribution in [0.4, 0.5) is 10.8 Å². The third-order valence-corrected chi connectivity index (χ3v) is 3.96. The van der Waals surface area contributed by atoms with Crippen molar-refractivity contribution in [3.05, 3.63) is 58.9 Å². The maximum atomic E-state index is 6.01. The van der Waals surface area contributed by atoms with Crippen LogP contribution in [0, 0.1) is 0 Å². The molecule has 0 aliphatic rings. The minimum atomic E-state index is 0.713. The van der Waals surface area contributed by atoms with Crippen molar-refractivity contribution >= 4 is 33.8 Å². The van der Waals surface area contributed by atoms with Gasteiger partial charge in [-0.2, -0.15) is 0 Å². The summed E-state index contributed by atoms with van der Waals surface area (Å²) >= 11 is 7.57. The van der Waals surface area contributed by atoms with Crippen molar-refractivity contribution in [1.29, 1.82) is 0 Å². The van der Waals surface area contributed by atoms with Gasteiger partial charge >= 0.3 is 0 Å². The van der Waals surface area contributed by atoms with Gasteiger partial charge in [-0.3, -0.25) is 0 Å². The van der Waals surface area contributed by atoms with Gasteiger partial charge in [0.15, 0.2) is 5.13 Å². The maximum Gasteiger partial charge on any atom is 0.187 e. The zero-order valence-electron chi connectivity index (χ0n) is 11.3. The second kappa shape index (κ2) is 6.16. The number of hydrogen-bond acceptors (Lipinski definition) is 4. The monoisotopic (exact) mass is 316 g/mol. The fourth-order valence-corrected chi connectivity index (χ4v) is 2.84. The number of hydrogen-bond donors (Lipinski definition) is 1. The summed E-state index contributed by atoms with van der Waals surface area (Å²) in [6, 6.07) is 15.4. The van der Waals surface area contributed by atoms with Crippen molar-refractivity contribution in [3.63, 3.8) is 0 Å². The molecule has 2 aromatic carbocycles. The molecule has 21 heavy (non-hydrogen) atoms. The second-order valence-corrected chi connectivity index (χ2v) is 5.70. The lowest BCUT2D eigenvalue weighted by Crippen LogP contribution is -1.90. The summed E-state index contributed by atoms with van der Waals surface area (Å²) < 4.78 is 5.14. The fraction of sp³-hybridized carbons (Fsp3) is 0.0625. The minimum Gasteiger partial charge on any atom is -0.497 e. The van der Waals surface area contributed by atoms with Crippen LogP contribution >= 0.6 is 22.9 Å². The first-order valence-electron chi connectivity index (χ1n) is 6.37. The van der Waals surface area contributed by atoms with Gasteiger partial charge in [0.2, 0.25) is 0 Å². The number of halogens is 1. The van der Waals surface area contributed by atoms with E-state index in [1.54, 1.807) is 18.4 Å². The lowest BCUT2D eigenvalue weighted by molar-refractivity contribution is 0.415. The van der Waals surface area contributed by atoms with Gasteiger partial charge in [-0.05, 0) is 36.4 Å². The number of nitrogens with zero attached hydrogens (tertiary/aromatic N) is 1. The number of aromatic nitrogens is 1. The molecule has 0 aliphatic heterocycles. The highest BCUT2D eigenvalue weighted by molar-refractivity contribution is 7.14. The maximum absolute atomic E-state index is 6.01. The Balaban J connectivity index is 1.78. The van der Waals surface area contributed by atoms with Crippen molar-refractivity contribution in [2.75, 3.05) is 12.4 Å². The Hall–Kier alpha value is -2.04. The van der Waals surface area contributed by atoms with E-state index in [2.05, 4.69) is 10.3 Å². The molecule has 0 atom stereocenters. The standard InChI is InChI=1S/C16H13ClN2OS/c1-20-14-7-5-13(6-8-14)18-16-19-15(10-21-16)11-3-2-4-12(17)9-11/h2-10H,1H3,(H,18,19). The van der Waals surface area contributed by atoms with Crippen molar-refractivity contribution < 1.29 is 4.74 Å². The molecule has 3 nitrogen and oxygen atoms in total. The molecule has 0 fully saturated rings. The van der Waals surface area contributed by atoms with E-state index < -0.39 is 0 Å². The number of ether oxygens (including phenoxy) is 1. The van der Waals surface area contributed by atoms with Crippen LogP contribution in [0.15, 0.2) is 53.9 Å². The van der Waals surface area contributed by atoms with E-state index in [0.29, 0.717) is 5.02 Å². The molecule has 0 bridgehead atoms. The lowest BCUT2D eigenvalue weighted by Gasteiger charge is -2.04. The van der Waals surface area contributed by atoms with Gasteiger partial charge in [0.05, 0.1) is 12.8 Å². The predicted octanol–water partition coefficient (Wildman–Crippen LogP) is 5.22. The highest BCUT2D eigenvalue weighted by Crippen LogP contribution is 2.28. The van der Waals surface area contributed by atoms with Gasteiger partial charge in [0.25, 0.3) is 0 Å². The number of rotatable bonds is 4. The van der Waals surface area contributed by atoms with E-state index in [1.807, 2.05) is 53.9 Å². The van der Waals surface area contributed by atoms with Crippen LogP contribution in [0.3, 0.4) is 0 Å². The summed E-state index contributed by atoms with van der Waals surface area (Å²) in [6.07, 6.45) is 0. The second-order valence-electron chi connectivity index (χ2n) is 4.40. The van der Waals surface area contributed by atoms with Crippen LogP contribution < -0.4 is 10.1 Å². The van der Waals surface area contributed by atoms with Crippen molar-refractivity contribution in [3.8, 4) is 17.0 Å². The van der Waals surface area contributed by atoms with E-state index >= 15 is 0 Å². The lowest BCUT2D eigenvalue weighted by atomic mass is 10.2. The highest BCUT2D eigenvalue weighted by Gasteiger charge is 2.05. The Bertz CT molecular complexity index is 740. The van der Waals surface area contributed by atoms with Crippen molar-refractivity contribution in [2.24, 2.45) is 0 Å². The van der Waals surface area contributed by atoms with E-state index in [1.165, 1.54) is 0 Å². The van der Waals surface area contributed by atoms with Gasteiger partial charge in [-0.1, -0.05) is 23.7 Å². The molecule has 0 saturated carbocycles. The Morgan fingerprint density at radius 2 is 1.95 bits per heavy atom. The first-order chi connectivity index (χ1) is 10.2. The molecule has 1 N–H and O–H groups in total. The molecular formula is C16H13ClN2OS. The van der Waals surface area contributed by atoms with E-state index in [0.717, 1.165) is 27.8 Å². The van der Waals surface area contributed by atoms with E-state index in [9.17, 15) is 0 Å². The SMILES string of the molecule is COc1ccc(Nc2nc(-c3cccc(Cl)c3)cs2)cc1. The number of benzene rings is 2. The molecule has 1 heterocycles. The predicted molar refractivity (Wildman–Crippen MR) is 88.8 cm³/mol. The van der Waals surface area contributed by atoms with Gasteiger partial charge in [0, 0.05) is 21.7 Å². The topological polar surface area (TPSA) is 34.1 Å². The Morgan fingerprint density at radius 3 is 2.67 bits per heavy atom. The third kappa shape index (κ3) is 3.35. The first kappa shape index (κ1) is 13.9. The smallest absolute Gasteiger partial charge is 0.187 e.